The van der Waals surface area contributed by atoms with Crippen molar-refractivity contribution >= 4 is 23.2 Å². The number of hydrogen-bond acceptors (Lipinski definition) is 8. The Morgan fingerprint density at radius 3 is 2.54 bits per heavy atom. The number of rotatable bonds is 4. The van der Waals surface area contributed by atoms with Gasteiger partial charge in [-0.3, -0.25) is 10.1 Å². The molecule has 1 aliphatic rings. The zero-order chi connectivity index (χ0) is 26.2. The maximum atomic E-state index is 12.6. The molecule has 1 atom stereocenters. The number of nitro benzene ring substituents is 1. The monoisotopic (exact) mass is 482 g/mol. The molecule has 3 N–H and O–H groups in total. The highest BCUT2D eigenvalue weighted by molar-refractivity contribution is 5.68. The first-order chi connectivity index (χ1) is 16.4. The third-order valence-electron chi connectivity index (χ3n) is 4.98. The summed E-state index contributed by atoms with van der Waals surface area (Å²) in [5, 5.41) is 30.5. The highest BCUT2D eigenvalue weighted by Crippen LogP contribution is 2.28. The van der Waals surface area contributed by atoms with E-state index in [4.69, 9.17) is 15.7 Å². The second kappa shape index (κ2) is 11.7. The number of ether oxygens (including phenoxy) is 1. The second-order valence-electron chi connectivity index (χ2n) is 8.90. The van der Waals surface area contributed by atoms with Crippen molar-refractivity contribution in [1.29, 1.82) is 10.5 Å². The lowest BCUT2D eigenvalue weighted by Gasteiger charge is -2.22. The number of nitrogen functional groups attached to an aromatic ring is 1. The lowest BCUT2D eigenvalue weighted by molar-refractivity contribution is -0.384. The summed E-state index contributed by atoms with van der Waals surface area (Å²) in [4.78, 5) is 23.3. The minimum atomic E-state index is -0.747. The Labute approximate surface area is 202 Å². The van der Waals surface area contributed by atoms with Gasteiger partial charge in [-0.2, -0.15) is 10.5 Å². The first-order valence-corrected chi connectivity index (χ1v) is 10.8. The van der Waals surface area contributed by atoms with Gasteiger partial charge in [0.25, 0.3) is 5.69 Å². The first-order valence-electron chi connectivity index (χ1n) is 10.8. The summed E-state index contributed by atoms with van der Waals surface area (Å²) in [7, 11) is 0. The quantitative estimate of drug-likeness (QED) is 0.374. The number of carbonyl (C=O) groups is 1. The van der Waals surface area contributed by atoms with E-state index in [0.29, 0.717) is 23.7 Å². The smallest absolute Gasteiger partial charge is 0.407 e. The highest BCUT2D eigenvalue weighted by atomic mass is 19.1. The Morgan fingerprint density at radius 2 is 1.94 bits per heavy atom. The van der Waals surface area contributed by atoms with Gasteiger partial charge in [0.15, 0.2) is 0 Å². The van der Waals surface area contributed by atoms with E-state index in [9.17, 15) is 24.6 Å². The van der Waals surface area contributed by atoms with Crippen molar-refractivity contribution in [1.82, 2.24) is 5.32 Å². The van der Waals surface area contributed by atoms with Crippen molar-refractivity contribution < 1.29 is 18.8 Å². The molecule has 2 aromatic carbocycles. The van der Waals surface area contributed by atoms with Crippen molar-refractivity contribution in [2.24, 2.45) is 5.92 Å². The molecule has 0 aromatic heterocycles. The second-order valence-corrected chi connectivity index (χ2v) is 8.90. The Morgan fingerprint density at radius 1 is 1.26 bits per heavy atom. The number of nitro groups is 1. The summed E-state index contributed by atoms with van der Waals surface area (Å²) in [6.07, 6.45) is 0.576. The predicted octanol–water partition coefficient (Wildman–Crippen LogP) is 4.10. The first kappa shape index (κ1) is 26.9. The third-order valence-corrected chi connectivity index (χ3v) is 4.98. The number of hydrogen-bond donors (Lipinski definition) is 2. The Balaban J connectivity index is 0.000000303. The minimum Gasteiger partial charge on any atom is -0.444 e. The van der Waals surface area contributed by atoms with Crippen LogP contribution in [0.4, 0.5) is 26.2 Å². The van der Waals surface area contributed by atoms with Crippen molar-refractivity contribution in [2.45, 2.75) is 32.8 Å². The van der Waals surface area contributed by atoms with E-state index in [1.807, 2.05) is 32.9 Å². The van der Waals surface area contributed by atoms with Crippen LogP contribution >= 0.6 is 0 Å². The van der Waals surface area contributed by atoms with E-state index in [0.717, 1.165) is 43.4 Å². The molecular weight excluding hydrogens is 455 g/mol. The summed E-state index contributed by atoms with van der Waals surface area (Å²) in [6.45, 7) is 7.76. The normalized spacial score (nSPS) is 14.7. The number of nitrogens with one attached hydrogen (secondary N) is 1. The van der Waals surface area contributed by atoms with Gasteiger partial charge < -0.3 is 20.7 Å². The van der Waals surface area contributed by atoms with Crippen LogP contribution in [0, 0.1) is 44.5 Å². The van der Waals surface area contributed by atoms with Crippen LogP contribution in [-0.2, 0) is 4.74 Å². The fourth-order valence-corrected chi connectivity index (χ4v) is 3.39. The zero-order valence-corrected chi connectivity index (χ0v) is 19.7. The Kier molecular flexibility index (Phi) is 8.95. The largest absolute Gasteiger partial charge is 0.444 e. The van der Waals surface area contributed by atoms with Crippen LogP contribution < -0.4 is 16.0 Å². The van der Waals surface area contributed by atoms with Crippen LogP contribution in [0.3, 0.4) is 0 Å². The predicted molar refractivity (Wildman–Crippen MR) is 128 cm³/mol. The Hall–Kier alpha value is -4.38. The molecule has 1 saturated heterocycles. The van der Waals surface area contributed by atoms with Gasteiger partial charge in [0.05, 0.1) is 21.7 Å². The number of nitriles is 2. The molecule has 3 rings (SSSR count). The standard InChI is InChI=1S/C17H24N4O2.C7H3FN2O2/c1-17(2,3)23-16(22)20-10-12-6-7-21(11-12)15-5-4-14(19)8-13(15)9-18;8-7-2-1-6(10(11)12)3-5(7)4-9/h4-5,8,12H,6-7,10-11,19H2,1-3H3,(H,20,22);1-3H. The van der Waals surface area contributed by atoms with E-state index < -0.39 is 16.3 Å². The number of anilines is 2. The molecule has 1 amide bonds. The molecule has 1 fully saturated rings. The molecule has 0 bridgehead atoms. The molecule has 2 aromatic rings. The molecular formula is C24H27FN6O4. The van der Waals surface area contributed by atoms with Crippen LogP contribution in [0.15, 0.2) is 36.4 Å². The SMILES string of the molecule is CC(C)(C)OC(=O)NCC1CCN(c2ccc(N)cc2C#N)C1.N#Cc1cc([N+](=O)[O-])ccc1F. The summed E-state index contributed by atoms with van der Waals surface area (Å²) in [5.41, 5.74) is 6.72. The number of benzene rings is 2. The number of halogens is 1. The number of non-ortho nitro benzene ring substituents is 1. The van der Waals surface area contributed by atoms with Gasteiger partial charge in [-0.25, -0.2) is 9.18 Å². The molecule has 10 nitrogen and oxygen atoms in total. The van der Waals surface area contributed by atoms with E-state index in [2.05, 4.69) is 16.3 Å². The van der Waals surface area contributed by atoms with Gasteiger partial charge in [0, 0.05) is 37.5 Å². The average Bonchev–Trinajstić information content (AvgIpc) is 3.26. The lowest BCUT2D eigenvalue weighted by atomic mass is 10.1. The number of nitrogens with two attached hydrogens (primary N) is 1. The van der Waals surface area contributed by atoms with E-state index in [-0.39, 0.29) is 17.3 Å². The minimum absolute atomic E-state index is 0.284. The van der Waals surface area contributed by atoms with Gasteiger partial charge in [0.1, 0.15) is 23.6 Å². The molecule has 0 radical (unpaired) electrons. The molecule has 1 unspecified atom stereocenters. The summed E-state index contributed by atoms with van der Waals surface area (Å²) >= 11 is 0. The van der Waals surface area contributed by atoms with Crippen LogP contribution in [-0.4, -0.2) is 36.3 Å². The maximum absolute atomic E-state index is 12.6. The molecule has 184 valence electrons. The van der Waals surface area contributed by atoms with Gasteiger partial charge in [0.2, 0.25) is 0 Å². The van der Waals surface area contributed by atoms with Gasteiger partial charge >= 0.3 is 6.09 Å². The topological polar surface area (TPSA) is 158 Å². The number of carbonyl (C=O) groups excluding carboxylic acids is 1. The molecule has 0 saturated carbocycles. The summed E-state index contributed by atoms with van der Waals surface area (Å²) < 4.78 is 17.8. The molecule has 0 spiro atoms. The number of alkyl carbamates (subject to hydrolysis) is 1. The third kappa shape index (κ3) is 8.16. The van der Waals surface area contributed by atoms with Crippen molar-refractivity contribution in [3.8, 4) is 12.1 Å². The van der Waals surface area contributed by atoms with E-state index in [1.54, 1.807) is 6.07 Å². The number of amides is 1. The van der Waals surface area contributed by atoms with Crippen molar-refractivity contribution in [2.75, 3.05) is 30.3 Å². The van der Waals surface area contributed by atoms with E-state index in [1.165, 1.54) is 6.07 Å². The molecule has 35 heavy (non-hydrogen) atoms. The molecule has 1 heterocycles. The summed E-state index contributed by atoms with van der Waals surface area (Å²) in [5.74, 6) is -0.408. The fourth-order valence-electron chi connectivity index (χ4n) is 3.39. The van der Waals surface area contributed by atoms with Gasteiger partial charge in [-0.15, -0.1) is 0 Å². The molecule has 0 aliphatic carbocycles. The maximum Gasteiger partial charge on any atom is 0.407 e. The van der Waals surface area contributed by atoms with Crippen LogP contribution in [0.5, 0.6) is 0 Å². The number of nitrogens with zero attached hydrogens (tertiary/aromatic N) is 4. The van der Waals surface area contributed by atoms with Gasteiger partial charge in [-0.1, -0.05) is 0 Å². The van der Waals surface area contributed by atoms with Crippen molar-refractivity contribution in [3.05, 3.63) is 63.5 Å². The van der Waals surface area contributed by atoms with Crippen LogP contribution in [0.2, 0.25) is 0 Å². The molecule has 1 aliphatic heterocycles. The average molecular weight is 483 g/mol. The lowest BCUT2D eigenvalue weighted by Crippen LogP contribution is -2.36. The van der Waals surface area contributed by atoms with E-state index >= 15 is 0 Å². The zero-order valence-electron chi connectivity index (χ0n) is 19.7. The highest BCUT2D eigenvalue weighted by Gasteiger charge is 2.25. The summed E-state index contributed by atoms with van der Waals surface area (Å²) in [6, 6.07) is 11.9. The fraction of sp³-hybridized carbons (Fsp3) is 0.375. The Bertz CT molecular complexity index is 1170. The molecule has 11 heteroatoms. The van der Waals surface area contributed by atoms with Crippen LogP contribution in [0.1, 0.15) is 38.3 Å². The van der Waals surface area contributed by atoms with Crippen LogP contribution in [0.25, 0.3) is 0 Å². The van der Waals surface area contributed by atoms with Gasteiger partial charge in [-0.05, 0) is 57.4 Å². The van der Waals surface area contributed by atoms with Crippen molar-refractivity contribution in [3.63, 3.8) is 0 Å².